The van der Waals surface area contributed by atoms with Crippen LogP contribution in [0.2, 0.25) is 5.02 Å². The highest BCUT2D eigenvalue weighted by Crippen LogP contribution is 2.35. The van der Waals surface area contributed by atoms with Crippen molar-refractivity contribution in [2.45, 2.75) is 24.4 Å². The van der Waals surface area contributed by atoms with Crippen LogP contribution >= 0.6 is 23.8 Å². The Morgan fingerprint density at radius 1 is 1.27 bits per heavy atom. The van der Waals surface area contributed by atoms with Gasteiger partial charge in [0.05, 0.1) is 7.11 Å². The Morgan fingerprint density at radius 2 is 2.00 bits per heavy atom. The Balaban J connectivity index is 1.74. The third kappa shape index (κ3) is 5.50. The second-order valence-electron chi connectivity index (χ2n) is 6.83. The van der Waals surface area contributed by atoms with Crippen molar-refractivity contribution in [2.75, 3.05) is 32.2 Å². The molecule has 1 fully saturated rings. The van der Waals surface area contributed by atoms with Gasteiger partial charge in [0.25, 0.3) is 0 Å². The number of nitrogens with zero attached hydrogens (tertiary/aromatic N) is 2. The van der Waals surface area contributed by atoms with Crippen molar-refractivity contribution in [3.63, 3.8) is 0 Å². The van der Waals surface area contributed by atoms with E-state index in [4.69, 9.17) is 33.3 Å². The van der Waals surface area contributed by atoms with Gasteiger partial charge in [-0.1, -0.05) is 23.7 Å². The second kappa shape index (κ2) is 9.32. The van der Waals surface area contributed by atoms with Crippen LogP contribution in [0.15, 0.2) is 30.3 Å². The summed E-state index contributed by atoms with van der Waals surface area (Å²) < 4.78 is 49.4. The minimum atomic E-state index is -4.64. The first-order valence-electron chi connectivity index (χ1n) is 9.11. The van der Waals surface area contributed by atoms with Crippen LogP contribution in [0.4, 0.5) is 19.1 Å². The Bertz CT molecular complexity index is 908. The van der Waals surface area contributed by atoms with Gasteiger partial charge >= 0.3 is 6.18 Å². The molecular weight excluding hydrogens is 441 g/mol. The van der Waals surface area contributed by atoms with E-state index in [9.17, 15) is 13.2 Å². The third-order valence-corrected chi connectivity index (χ3v) is 5.38. The highest BCUT2D eigenvalue weighted by molar-refractivity contribution is 7.80. The van der Waals surface area contributed by atoms with Gasteiger partial charge in [-0.05, 0) is 42.8 Å². The molecular formula is C19H20ClF3N4O2S. The number of methoxy groups -OCH3 is 1. The molecule has 11 heteroatoms. The van der Waals surface area contributed by atoms with Gasteiger partial charge in [0.15, 0.2) is 10.8 Å². The van der Waals surface area contributed by atoms with Crippen molar-refractivity contribution in [1.29, 1.82) is 0 Å². The molecule has 30 heavy (non-hydrogen) atoms. The lowest BCUT2D eigenvalue weighted by Crippen LogP contribution is -2.45. The standard InChI is InChI=1S/C19H20ClF3N4O2S/c1-28-15-10-14(19(21,22)23)25-16(26-15)27-17(30)24-11-18(5-7-29-8-6-18)12-3-2-4-13(20)9-12/h2-4,9-10H,5-8,11H2,1H3,(H2,24,25,26,27,30). The van der Waals surface area contributed by atoms with Crippen LogP contribution in [0, 0.1) is 0 Å². The zero-order valence-corrected chi connectivity index (χ0v) is 17.6. The molecule has 0 bridgehead atoms. The summed E-state index contributed by atoms with van der Waals surface area (Å²) in [5.74, 6) is -0.523. The first-order chi connectivity index (χ1) is 14.2. The molecule has 0 unspecified atom stereocenters. The molecule has 1 aliphatic heterocycles. The SMILES string of the molecule is COc1cc(C(F)(F)F)nc(NC(=S)NCC2(c3cccc(Cl)c3)CCOCC2)n1. The number of nitrogens with one attached hydrogen (secondary N) is 2. The lowest BCUT2D eigenvalue weighted by atomic mass is 9.74. The molecule has 2 N–H and O–H groups in total. The third-order valence-electron chi connectivity index (χ3n) is 4.90. The van der Waals surface area contributed by atoms with Crippen molar-refractivity contribution >= 4 is 34.9 Å². The van der Waals surface area contributed by atoms with Gasteiger partial charge in [-0.25, -0.2) is 4.98 Å². The lowest BCUT2D eigenvalue weighted by molar-refractivity contribution is -0.141. The van der Waals surface area contributed by atoms with E-state index in [-0.39, 0.29) is 22.4 Å². The number of hydrogen-bond donors (Lipinski definition) is 2. The number of ether oxygens (including phenoxy) is 2. The van der Waals surface area contributed by atoms with Crippen LogP contribution in [0.1, 0.15) is 24.1 Å². The zero-order valence-electron chi connectivity index (χ0n) is 16.1. The van der Waals surface area contributed by atoms with Crippen LogP contribution in [0.3, 0.4) is 0 Å². The normalized spacial score (nSPS) is 16.0. The monoisotopic (exact) mass is 460 g/mol. The molecule has 0 saturated carbocycles. The van der Waals surface area contributed by atoms with E-state index in [1.807, 2.05) is 18.2 Å². The van der Waals surface area contributed by atoms with Crippen LogP contribution in [0.25, 0.3) is 0 Å². The summed E-state index contributed by atoms with van der Waals surface area (Å²) in [6.45, 7) is 1.61. The predicted octanol–water partition coefficient (Wildman–Crippen LogP) is 4.19. The van der Waals surface area contributed by atoms with Crippen LogP contribution in [-0.2, 0) is 16.3 Å². The largest absolute Gasteiger partial charge is 0.481 e. The van der Waals surface area contributed by atoms with Gasteiger partial charge in [0.1, 0.15) is 0 Å². The number of halogens is 4. The molecule has 0 spiro atoms. The summed E-state index contributed by atoms with van der Waals surface area (Å²) >= 11 is 11.4. The van der Waals surface area contributed by atoms with Gasteiger partial charge in [-0.2, -0.15) is 18.2 Å². The number of alkyl halides is 3. The minimum Gasteiger partial charge on any atom is -0.481 e. The molecule has 1 saturated heterocycles. The Kier molecular flexibility index (Phi) is 6.99. The van der Waals surface area contributed by atoms with E-state index in [2.05, 4.69) is 20.6 Å². The van der Waals surface area contributed by atoms with E-state index < -0.39 is 11.9 Å². The maximum atomic E-state index is 13.0. The summed E-state index contributed by atoms with van der Waals surface area (Å²) in [5.41, 5.74) is -0.355. The average molecular weight is 461 g/mol. The minimum absolute atomic E-state index is 0.101. The number of hydrogen-bond acceptors (Lipinski definition) is 5. The van der Waals surface area contributed by atoms with E-state index in [1.165, 1.54) is 7.11 Å². The number of aromatic nitrogens is 2. The molecule has 1 aromatic heterocycles. The molecule has 2 aromatic rings. The van der Waals surface area contributed by atoms with Crippen LogP contribution in [-0.4, -0.2) is 41.9 Å². The lowest BCUT2D eigenvalue weighted by Gasteiger charge is -2.38. The zero-order chi connectivity index (χ0) is 21.8. The summed E-state index contributed by atoms with van der Waals surface area (Å²) in [6.07, 6.45) is -3.14. The Morgan fingerprint density at radius 3 is 2.63 bits per heavy atom. The van der Waals surface area contributed by atoms with Gasteiger partial charge in [-0.3, -0.25) is 0 Å². The quantitative estimate of drug-likeness (QED) is 0.648. The van der Waals surface area contributed by atoms with Gasteiger partial charge in [0, 0.05) is 36.3 Å². The fourth-order valence-electron chi connectivity index (χ4n) is 3.27. The summed E-state index contributed by atoms with van der Waals surface area (Å²) in [5, 5.41) is 6.41. The van der Waals surface area contributed by atoms with Gasteiger partial charge in [-0.15, -0.1) is 0 Å². The summed E-state index contributed by atoms with van der Waals surface area (Å²) in [7, 11) is 1.22. The average Bonchev–Trinajstić information content (AvgIpc) is 2.72. The second-order valence-corrected chi connectivity index (χ2v) is 7.67. The molecule has 0 aliphatic carbocycles. The maximum absolute atomic E-state index is 13.0. The predicted molar refractivity (Wildman–Crippen MR) is 111 cm³/mol. The fourth-order valence-corrected chi connectivity index (χ4v) is 3.63. The smallest absolute Gasteiger partial charge is 0.433 e. The molecule has 2 heterocycles. The van der Waals surface area contributed by atoms with Crippen molar-refractivity contribution in [3.05, 3.63) is 46.6 Å². The van der Waals surface area contributed by atoms with Crippen molar-refractivity contribution < 1.29 is 22.6 Å². The van der Waals surface area contributed by atoms with E-state index in [0.29, 0.717) is 24.8 Å². The van der Waals surface area contributed by atoms with Crippen molar-refractivity contribution in [2.24, 2.45) is 0 Å². The molecule has 0 radical (unpaired) electrons. The van der Waals surface area contributed by atoms with Crippen molar-refractivity contribution in [1.82, 2.24) is 15.3 Å². The summed E-state index contributed by atoms with van der Waals surface area (Å²) in [4.78, 5) is 7.36. The first kappa shape index (κ1) is 22.5. The Labute approximate surface area is 182 Å². The molecule has 0 amide bonds. The first-order valence-corrected chi connectivity index (χ1v) is 9.89. The highest BCUT2D eigenvalue weighted by Gasteiger charge is 2.36. The summed E-state index contributed by atoms with van der Waals surface area (Å²) in [6, 6.07) is 8.31. The van der Waals surface area contributed by atoms with Gasteiger partial charge in [0.2, 0.25) is 11.8 Å². The molecule has 6 nitrogen and oxygen atoms in total. The fraction of sp³-hybridized carbons (Fsp3) is 0.421. The molecule has 162 valence electrons. The van der Waals surface area contributed by atoms with E-state index in [1.54, 1.807) is 6.07 Å². The molecule has 1 aromatic carbocycles. The highest BCUT2D eigenvalue weighted by atomic mass is 35.5. The maximum Gasteiger partial charge on any atom is 0.433 e. The van der Waals surface area contributed by atoms with Crippen LogP contribution < -0.4 is 15.4 Å². The van der Waals surface area contributed by atoms with Gasteiger partial charge < -0.3 is 20.1 Å². The number of benzene rings is 1. The van der Waals surface area contributed by atoms with E-state index >= 15 is 0 Å². The number of rotatable bonds is 5. The number of thiocarbonyl (C=S) groups is 1. The molecule has 1 aliphatic rings. The molecule has 3 rings (SSSR count). The topological polar surface area (TPSA) is 68.3 Å². The Hall–Kier alpha value is -2.17. The van der Waals surface area contributed by atoms with Crippen LogP contribution in [0.5, 0.6) is 5.88 Å². The molecule has 0 atom stereocenters. The van der Waals surface area contributed by atoms with E-state index in [0.717, 1.165) is 24.5 Å². The van der Waals surface area contributed by atoms with Crippen molar-refractivity contribution in [3.8, 4) is 5.88 Å². The number of anilines is 1.